The van der Waals surface area contributed by atoms with Gasteiger partial charge < -0.3 is 9.64 Å². The van der Waals surface area contributed by atoms with Gasteiger partial charge >= 0.3 is 5.97 Å². The van der Waals surface area contributed by atoms with Crippen LogP contribution in [0.5, 0.6) is 0 Å². The summed E-state index contributed by atoms with van der Waals surface area (Å²) in [5, 5.41) is 3.03. The Labute approximate surface area is 115 Å². The zero-order valence-corrected chi connectivity index (χ0v) is 12.3. The van der Waals surface area contributed by atoms with Gasteiger partial charge in [-0.05, 0) is 31.6 Å². The number of amides is 1. The van der Waals surface area contributed by atoms with Crippen LogP contribution in [-0.4, -0.2) is 49.6 Å². The summed E-state index contributed by atoms with van der Waals surface area (Å²) in [6.45, 7) is 5.99. The van der Waals surface area contributed by atoms with Gasteiger partial charge in [0.15, 0.2) is 0 Å². The maximum Gasteiger partial charge on any atom is 0.322 e. The zero-order valence-electron chi connectivity index (χ0n) is 12.3. The number of likely N-dealkylation sites (tertiary alicyclic amines) is 1. The molecule has 0 radical (unpaired) electrons. The van der Waals surface area contributed by atoms with E-state index in [1.807, 2.05) is 18.7 Å². The molecule has 0 bridgehead atoms. The minimum Gasteiger partial charge on any atom is -0.468 e. The summed E-state index contributed by atoms with van der Waals surface area (Å²) < 4.78 is 4.76. The molecule has 19 heavy (non-hydrogen) atoms. The third-order valence-corrected chi connectivity index (χ3v) is 3.40. The summed E-state index contributed by atoms with van der Waals surface area (Å²) in [7, 11) is 1.38. The maximum absolute atomic E-state index is 12.0. The van der Waals surface area contributed by atoms with Crippen molar-refractivity contribution in [2.45, 2.75) is 45.6 Å². The Hall–Kier alpha value is -1.10. The topological polar surface area (TPSA) is 58.6 Å². The normalized spacial score (nSPS) is 17.4. The van der Waals surface area contributed by atoms with Crippen molar-refractivity contribution in [3.05, 3.63) is 0 Å². The molecule has 1 unspecified atom stereocenters. The first kappa shape index (κ1) is 16.0. The Kier molecular flexibility index (Phi) is 6.84. The number of piperidine rings is 1. The number of rotatable bonds is 6. The number of carbonyl (C=O) groups is 2. The monoisotopic (exact) mass is 270 g/mol. The van der Waals surface area contributed by atoms with Gasteiger partial charge in [0.05, 0.1) is 13.7 Å². The van der Waals surface area contributed by atoms with Crippen molar-refractivity contribution in [1.29, 1.82) is 0 Å². The molecule has 1 atom stereocenters. The van der Waals surface area contributed by atoms with E-state index in [0.717, 1.165) is 25.9 Å². The van der Waals surface area contributed by atoms with Crippen LogP contribution < -0.4 is 5.32 Å². The van der Waals surface area contributed by atoms with Crippen LogP contribution in [0.3, 0.4) is 0 Å². The lowest BCUT2D eigenvalue weighted by Crippen LogP contribution is -2.46. The Morgan fingerprint density at radius 1 is 1.21 bits per heavy atom. The van der Waals surface area contributed by atoms with Crippen LogP contribution in [0.15, 0.2) is 0 Å². The lowest BCUT2D eigenvalue weighted by Gasteiger charge is -2.27. The third kappa shape index (κ3) is 5.59. The Bertz CT molecular complexity index is 299. The fourth-order valence-electron chi connectivity index (χ4n) is 2.34. The van der Waals surface area contributed by atoms with E-state index in [1.165, 1.54) is 13.5 Å². The van der Waals surface area contributed by atoms with E-state index in [2.05, 4.69) is 5.32 Å². The summed E-state index contributed by atoms with van der Waals surface area (Å²) in [6, 6.07) is -0.390. The lowest BCUT2D eigenvalue weighted by atomic mass is 10.0. The molecule has 0 aromatic heterocycles. The molecule has 5 nitrogen and oxygen atoms in total. The highest BCUT2D eigenvalue weighted by molar-refractivity contribution is 5.80. The number of hydrogen-bond donors (Lipinski definition) is 1. The van der Waals surface area contributed by atoms with Crippen LogP contribution in [0.1, 0.15) is 39.5 Å². The van der Waals surface area contributed by atoms with Gasteiger partial charge in [-0.1, -0.05) is 13.8 Å². The van der Waals surface area contributed by atoms with E-state index in [-0.39, 0.29) is 18.4 Å². The van der Waals surface area contributed by atoms with Crippen LogP contribution in [0, 0.1) is 5.92 Å². The maximum atomic E-state index is 12.0. The molecule has 0 saturated carbocycles. The molecule has 0 aliphatic carbocycles. The lowest BCUT2D eigenvalue weighted by molar-refractivity contribution is -0.143. The second-order valence-electron chi connectivity index (χ2n) is 5.53. The van der Waals surface area contributed by atoms with E-state index in [9.17, 15) is 9.59 Å². The van der Waals surface area contributed by atoms with E-state index in [0.29, 0.717) is 12.3 Å². The molecule has 1 heterocycles. The Morgan fingerprint density at radius 3 is 2.37 bits per heavy atom. The van der Waals surface area contributed by atoms with Gasteiger partial charge in [0, 0.05) is 13.1 Å². The van der Waals surface area contributed by atoms with Gasteiger partial charge in [-0.15, -0.1) is 0 Å². The fraction of sp³-hybridized carbons (Fsp3) is 0.857. The Balaban J connectivity index is 2.41. The second kappa shape index (κ2) is 8.15. The van der Waals surface area contributed by atoms with Crippen molar-refractivity contribution in [3.8, 4) is 0 Å². The minimum atomic E-state index is -0.390. The molecular weight excluding hydrogens is 244 g/mol. The summed E-state index contributed by atoms with van der Waals surface area (Å²) in [5.41, 5.74) is 0. The van der Waals surface area contributed by atoms with Crippen molar-refractivity contribution >= 4 is 11.9 Å². The molecule has 1 aliphatic rings. The van der Waals surface area contributed by atoms with E-state index in [1.54, 1.807) is 0 Å². The molecule has 1 saturated heterocycles. The summed E-state index contributed by atoms with van der Waals surface area (Å²) in [6.07, 6.45) is 4.05. The number of esters is 1. The molecule has 1 rings (SSSR count). The fourth-order valence-corrected chi connectivity index (χ4v) is 2.34. The van der Waals surface area contributed by atoms with Crippen molar-refractivity contribution < 1.29 is 14.3 Å². The molecule has 0 aromatic rings. The number of methoxy groups -OCH3 is 1. The molecule has 1 fully saturated rings. The molecule has 0 spiro atoms. The Morgan fingerprint density at radius 2 is 1.84 bits per heavy atom. The number of nitrogens with one attached hydrogen (secondary N) is 1. The first-order valence-electron chi connectivity index (χ1n) is 7.13. The van der Waals surface area contributed by atoms with Crippen molar-refractivity contribution in [1.82, 2.24) is 10.2 Å². The summed E-state index contributed by atoms with van der Waals surface area (Å²) in [4.78, 5) is 25.5. The first-order chi connectivity index (χ1) is 9.04. The molecular formula is C14H26N2O3. The largest absolute Gasteiger partial charge is 0.468 e. The first-order valence-corrected chi connectivity index (χ1v) is 7.13. The predicted molar refractivity (Wildman–Crippen MR) is 73.7 cm³/mol. The average Bonchev–Trinajstić information content (AvgIpc) is 2.42. The number of carbonyl (C=O) groups excluding carboxylic acids is 2. The smallest absolute Gasteiger partial charge is 0.322 e. The highest BCUT2D eigenvalue weighted by Crippen LogP contribution is 2.09. The van der Waals surface area contributed by atoms with Crippen LogP contribution in [0.2, 0.25) is 0 Å². The van der Waals surface area contributed by atoms with Crippen molar-refractivity contribution in [3.63, 3.8) is 0 Å². The quantitative estimate of drug-likeness (QED) is 0.736. The molecule has 1 amide bonds. The van der Waals surface area contributed by atoms with Gasteiger partial charge in [-0.2, -0.15) is 0 Å². The third-order valence-electron chi connectivity index (χ3n) is 3.40. The summed E-state index contributed by atoms with van der Waals surface area (Å²) in [5.74, 6) is 0.166. The standard InChI is InChI=1S/C14H26N2O3/c1-11(2)9-12(14(18)19-3)15-10-13(17)16-7-5-4-6-8-16/h11-12,15H,4-10H2,1-3H3. The van der Waals surface area contributed by atoms with Gasteiger partial charge in [0.1, 0.15) is 6.04 Å². The predicted octanol–water partition coefficient (Wildman–Crippen LogP) is 1.18. The van der Waals surface area contributed by atoms with Crippen LogP contribution in [-0.2, 0) is 14.3 Å². The van der Waals surface area contributed by atoms with Gasteiger partial charge in [0.2, 0.25) is 5.91 Å². The van der Waals surface area contributed by atoms with Gasteiger partial charge in [-0.25, -0.2) is 0 Å². The van der Waals surface area contributed by atoms with Crippen LogP contribution in [0.25, 0.3) is 0 Å². The minimum absolute atomic E-state index is 0.0809. The number of hydrogen-bond acceptors (Lipinski definition) is 4. The SMILES string of the molecule is COC(=O)C(CC(C)C)NCC(=O)N1CCCCC1. The molecule has 5 heteroatoms. The highest BCUT2D eigenvalue weighted by atomic mass is 16.5. The van der Waals surface area contributed by atoms with Crippen molar-refractivity contribution in [2.75, 3.05) is 26.7 Å². The second-order valence-corrected chi connectivity index (χ2v) is 5.53. The number of ether oxygens (including phenoxy) is 1. The average molecular weight is 270 g/mol. The van der Waals surface area contributed by atoms with Crippen molar-refractivity contribution in [2.24, 2.45) is 5.92 Å². The highest BCUT2D eigenvalue weighted by Gasteiger charge is 2.23. The van der Waals surface area contributed by atoms with E-state index in [4.69, 9.17) is 4.74 Å². The van der Waals surface area contributed by atoms with Gasteiger partial charge in [0.25, 0.3) is 0 Å². The number of nitrogens with zero attached hydrogens (tertiary/aromatic N) is 1. The van der Waals surface area contributed by atoms with Crippen LogP contribution in [0.4, 0.5) is 0 Å². The van der Waals surface area contributed by atoms with Crippen LogP contribution >= 0.6 is 0 Å². The molecule has 0 aromatic carbocycles. The summed E-state index contributed by atoms with van der Waals surface area (Å²) >= 11 is 0. The zero-order chi connectivity index (χ0) is 14.3. The van der Waals surface area contributed by atoms with E-state index >= 15 is 0 Å². The van der Waals surface area contributed by atoms with E-state index < -0.39 is 6.04 Å². The van der Waals surface area contributed by atoms with Gasteiger partial charge in [-0.3, -0.25) is 14.9 Å². The molecule has 1 aliphatic heterocycles. The molecule has 110 valence electrons. The molecule has 1 N–H and O–H groups in total.